The average molecular weight is 478 g/mol. The van der Waals surface area contributed by atoms with Crippen LogP contribution in [-0.4, -0.2) is 50.6 Å². The van der Waals surface area contributed by atoms with Crippen molar-refractivity contribution >= 4 is 34.9 Å². The molecular formula is C20H21Cl2N7O3. The van der Waals surface area contributed by atoms with Crippen molar-refractivity contribution in [3.63, 3.8) is 0 Å². The van der Waals surface area contributed by atoms with E-state index in [-0.39, 0.29) is 5.02 Å². The Hall–Kier alpha value is -2.95. The number of nitrogens with one attached hydrogen (secondary N) is 2. The number of hydrogen-bond donors (Lipinski definition) is 2. The van der Waals surface area contributed by atoms with E-state index in [2.05, 4.69) is 30.7 Å². The van der Waals surface area contributed by atoms with Gasteiger partial charge in [0, 0.05) is 31.0 Å². The Kier molecular flexibility index (Phi) is 7.03. The van der Waals surface area contributed by atoms with Crippen molar-refractivity contribution in [2.75, 3.05) is 25.1 Å². The Morgan fingerprint density at radius 1 is 1.28 bits per heavy atom. The van der Waals surface area contributed by atoms with Crippen LogP contribution in [0.3, 0.4) is 0 Å². The van der Waals surface area contributed by atoms with Gasteiger partial charge >= 0.3 is 6.03 Å². The average Bonchev–Trinajstić information content (AvgIpc) is 3.47. The number of amides is 2. The van der Waals surface area contributed by atoms with Crippen molar-refractivity contribution in [2.24, 2.45) is 5.92 Å². The molecule has 0 radical (unpaired) electrons. The molecule has 1 aliphatic rings. The molecule has 10 nitrogen and oxygen atoms in total. The third kappa shape index (κ3) is 5.26. The molecule has 2 atom stereocenters. The number of carbonyl (C=O) groups excluding carboxylic acids is 1. The minimum Gasteiger partial charge on any atom is -0.492 e. The molecule has 0 spiro atoms. The van der Waals surface area contributed by atoms with Crippen LogP contribution in [0.2, 0.25) is 10.0 Å². The third-order valence-corrected chi connectivity index (χ3v) is 5.43. The molecule has 1 aromatic carbocycles. The molecule has 3 heterocycles. The van der Waals surface area contributed by atoms with E-state index < -0.39 is 12.1 Å². The first-order valence-corrected chi connectivity index (χ1v) is 10.7. The predicted octanol–water partition coefficient (Wildman–Crippen LogP) is 3.66. The SMILES string of the molecule is C[C@H](NC(=O)Nc1cc(OCC2CCOC2)c(Cl)cc1Cl)c1ncnn1-c1ncccn1. The zero-order valence-electron chi connectivity index (χ0n) is 17.2. The van der Waals surface area contributed by atoms with Crippen molar-refractivity contribution in [1.29, 1.82) is 0 Å². The molecule has 32 heavy (non-hydrogen) atoms. The van der Waals surface area contributed by atoms with Crippen molar-refractivity contribution in [2.45, 2.75) is 19.4 Å². The molecule has 1 fully saturated rings. The number of aromatic nitrogens is 5. The maximum atomic E-state index is 12.6. The van der Waals surface area contributed by atoms with Crippen LogP contribution < -0.4 is 15.4 Å². The van der Waals surface area contributed by atoms with Crippen LogP contribution in [0.1, 0.15) is 25.2 Å². The number of urea groups is 1. The fourth-order valence-corrected chi connectivity index (χ4v) is 3.66. The summed E-state index contributed by atoms with van der Waals surface area (Å²) in [5.74, 6) is 1.57. The zero-order valence-corrected chi connectivity index (χ0v) is 18.7. The second-order valence-corrected chi connectivity index (χ2v) is 8.02. The molecular weight excluding hydrogens is 457 g/mol. The maximum Gasteiger partial charge on any atom is 0.319 e. The van der Waals surface area contributed by atoms with Crippen LogP contribution in [-0.2, 0) is 4.74 Å². The predicted molar refractivity (Wildman–Crippen MR) is 118 cm³/mol. The first-order chi connectivity index (χ1) is 15.5. The highest BCUT2D eigenvalue weighted by molar-refractivity contribution is 6.37. The normalized spacial score (nSPS) is 16.5. The molecule has 0 saturated carbocycles. The summed E-state index contributed by atoms with van der Waals surface area (Å²) in [6.45, 7) is 3.64. The highest BCUT2D eigenvalue weighted by Crippen LogP contribution is 2.35. The molecule has 1 aliphatic heterocycles. The van der Waals surface area contributed by atoms with E-state index in [0.29, 0.717) is 47.4 Å². The monoisotopic (exact) mass is 477 g/mol. The van der Waals surface area contributed by atoms with E-state index in [1.807, 2.05) is 0 Å². The van der Waals surface area contributed by atoms with Gasteiger partial charge in [-0.05, 0) is 25.5 Å². The number of rotatable bonds is 7. The number of carbonyl (C=O) groups is 1. The molecule has 2 N–H and O–H groups in total. The summed E-state index contributed by atoms with van der Waals surface area (Å²) in [6, 6.07) is 3.85. The van der Waals surface area contributed by atoms with Crippen molar-refractivity contribution < 1.29 is 14.3 Å². The van der Waals surface area contributed by atoms with E-state index in [0.717, 1.165) is 13.0 Å². The lowest BCUT2D eigenvalue weighted by Gasteiger charge is -2.17. The van der Waals surface area contributed by atoms with Gasteiger partial charge in [-0.2, -0.15) is 9.78 Å². The zero-order chi connectivity index (χ0) is 22.5. The molecule has 0 bridgehead atoms. The van der Waals surface area contributed by atoms with E-state index in [4.69, 9.17) is 32.7 Å². The molecule has 1 saturated heterocycles. The van der Waals surface area contributed by atoms with Gasteiger partial charge < -0.3 is 20.1 Å². The Bertz CT molecular complexity index is 1070. The third-order valence-electron chi connectivity index (χ3n) is 4.82. The lowest BCUT2D eigenvalue weighted by Crippen LogP contribution is -2.32. The van der Waals surface area contributed by atoms with E-state index in [9.17, 15) is 4.79 Å². The smallest absolute Gasteiger partial charge is 0.319 e. The van der Waals surface area contributed by atoms with Gasteiger partial charge in [0.25, 0.3) is 5.95 Å². The molecule has 2 amide bonds. The molecule has 2 aromatic heterocycles. The minimum absolute atomic E-state index is 0.287. The van der Waals surface area contributed by atoms with Gasteiger partial charge in [-0.15, -0.1) is 0 Å². The summed E-state index contributed by atoms with van der Waals surface area (Å²) in [4.78, 5) is 25.1. The summed E-state index contributed by atoms with van der Waals surface area (Å²) in [5.41, 5.74) is 0.367. The van der Waals surface area contributed by atoms with Crippen LogP contribution >= 0.6 is 23.2 Å². The summed E-state index contributed by atoms with van der Waals surface area (Å²) in [6.07, 6.45) is 5.51. The Morgan fingerprint density at radius 3 is 2.84 bits per heavy atom. The number of anilines is 1. The minimum atomic E-state index is -0.495. The highest BCUT2D eigenvalue weighted by Gasteiger charge is 2.20. The first-order valence-electron chi connectivity index (χ1n) is 9.95. The number of hydrogen-bond acceptors (Lipinski definition) is 7. The second kappa shape index (κ2) is 10.1. The quantitative estimate of drug-likeness (QED) is 0.533. The van der Waals surface area contributed by atoms with Gasteiger partial charge in [-0.3, -0.25) is 0 Å². The van der Waals surface area contributed by atoms with Gasteiger partial charge in [-0.1, -0.05) is 23.2 Å². The van der Waals surface area contributed by atoms with Crippen LogP contribution in [0, 0.1) is 5.92 Å². The van der Waals surface area contributed by atoms with Crippen LogP contribution in [0.5, 0.6) is 5.75 Å². The fourth-order valence-electron chi connectivity index (χ4n) is 3.18. The summed E-state index contributed by atoms with van der Waals surface area (Å²) >= 11 is 12.5. The van der Waals surface area contributed by atoms with Gasteiger partial charge in [0.2, 0.25) is 0 Å². The molecule has 4 rings (SSSR count). The standard InChI is InChI=1S/C20H21Cl2N7O3/c1-12(18-25-11-26-29(18)19-23-4-2-5-24-19)27-20(30)28-16-8-17(15(22)7-14(16)21)32-10-13-3-6-31-9-13/h2,4-5,7-8,11-13H,3,6,9-10H2,1H3,(H2,27,28,30)/t12-,13?/m0/s1. The number of benzene rings is 1. The van der Waals surface area contributed by atoms with Crippen molar-refractivity contribution in [3.05, 3.63) is 52.8 Å². The van der Waals surface area contributed by atoms with E-state index >= 15 is 0 Å². The fraction of sp³-hybridized carbons (Fsp3) is 0.350. The Labute approximate surface area is 194 Å². The molecule has 168 valence electrons. The van der Waals surface area contributed by atoms with Crippen LogP contribution in [0.15, 0.2) is 36.9 Å². The maximum absolute atomic E-state index is 12.6. The van der Waals surface area contributed by atoms with Gasteiger partial charge in [-0.25, -0.2) is 19.7 Å². The molecule has 0 aliphatic carbocycles. The summed E-state index contributed by atoms with van der Waals surface area (Å²) < 4.78 is 12.6. The van der Waals surface area contributed by atoms with Gasteiger partial charge in [0.15, 0.2) is 5.82 Å². The lowest BCUT2D eigenvalue weighted by atomic mass is 10.1. The Morgan fingerprint density at radius 2 is 2.09 bits per heavy atom. The first kappa shape index (κ1) is 22.3. The molecule has 1 unspecified atom stereocenters. The molecule has 3 aromatic rings. The highest BCUT2D eigenvalue weighted by atomic mass is 35.5. The summed E-state index contributed by atoms with van der Waals surface area (Å²) in [7, 11) is 0. The molecule has 12 heteroatoms. The van der Waals surface area contributed by atoms with Crippen LogP contribution in [0.25, 0.3) is 5.95 Å². The Balaban J connectivity index is 1.42. The van der Waals surface area contributed by atoms with Crippen molar-refractivity contribution in [1.82, 2.24) is 30.0 Å². The summed E-state index contributed by atoms with van der Waals surface area (Å²) in [5, 5.41) is 10.3. The van der Waals surface area contributed by atoms with Crippen molar-refractivity contribution in [3.8, 4) is 11.7 Å². The second-order valence-electron chi connectivity index (χ2n) is 7.20. The van der Waals surface area contributed by atoms with E-state index in [1.165, 1.54) is 17.1 Å². The van der Waals surface area contributed by atoms with Gasteiger partial charge in [0.05, 0.1) is 35.0 Å². The van der Waals surface area contributed by atoms with E-state index in [1.54, 1.807) is 31.5 Å². The number of nitrogens with zero attached hydrogens (tertiary/aromatic N) is 5. The topological polar surface area (TPSA) is 116 Å². The van der Waals surface area contributed by atoms with Crippen LogP contribution in [0.4, 0.5) is 10.5 Å². The van der Waals surface area contributed by atoms with Gasteiger partial charge in [0.1, 0.15) is 12.1 Å². The number of halogens is 2. The number of ether oxygens (including phenoxy) is 2. The lowest BCUT2D eigenvalue weighted by molar-refractivity contribution is 0.167. The largest absolute Gasteiger partial charge is 0.492 e.